The van der Waals surface area contributed by atoms with E-state index >= 15 is 0 Å². The molecule has 0 aliphatic carbocycles. The van der Waals surface area contributed by atoms with Gasteiger partial charge in [0.1, 0.15) is 5.75 Å². The van der Waals surface area contributed by atoms with Crippen molar-refractivity contribution in [3.8, 4) is 5.75 Å². The first kappa shape index (κ1) is 14.8. The highest BCUT2D eigenvalue weighted by Gasteiger charge is 2.06. The summed E-state index contributed by atoms with van der Waals surface area (Å²) in [6.07, 6.45) is 1.12. The third-order valence-corrected chi connectivity index (χ3v) is 3.76. The van der Waals surface area contributed by atoms with E-state index in [-0.39, 0.29) is 5.75 Å². The Kier molecular flexibility index (Phi) is 5.82. The summed E-state index contributed by atoms with van der Waals surface area (Å²) < 4.78 is 1.81. The zero-order valence-corrected chi connectivity index (χ0v) is 12.3. The molecule has 0 saturated carbocycles. The number of tetrazole rings is 1. The maximum Gasteiger partial charge on any atom is 0.209 e. The number of aromatic nitrogens is 4. The molecule has 2 aromatic rings. The van der Waals surface area contributed by atoms with Crippen molar-refractivity contribution in [1.29, 1.82) is 0 Å². The van der Waals surface area contributed by atoms with Gasteiger partial charge in [0.25, 0.3) is 0 Å². The van der Waals surface area contributed by atoms with Gasteiger partial charge in [-0.05, 0) is 41.1 Å². The zero-order chi connectivity index (χ0) is 14.2. The maximum atomic E-state index is 9.24. The van der Waals surface area contributed by atoms with Crippen molar-refractivity contribution in [3.05, 3.63) is 29.8 Å². The van der Waals surface area contributed by atoms with Gasteiger partial charge in [-0.3, -0.25) is 0 Å². The van der Waals surface area contributed by atoms with Gasteiger partial charge in [0.2, 0.25) is 5.16 Å². The molecular weight excluding hydrogens is 274 g/mol. The quantitative estimate of drug-likeness (QED) is 0.569. The van der Waals surface area contributed by atoms with Gasteiger partial charge in [-0.2, -0.15) is 0 Å². The van der Waals surface area contributed by atoms with E-state index in [2.05, 4.69) is 27.8 Å². The molecule has 0 radical (unpaired) electrons. The Labute approximate surface area is 122 Å². The van der Waals surface area contributed by atoms with Gasteiger partial charge in [-0.15, -0.1) is 5.10 Å². The molecule has 0 atom stereocenters. The van der Waals surface area contributed by atoms with E-state index in [0.717, 1.165) is 42.5 Å². The van der Waals surface area contributed by atoms with Crippen molar-refractivity contribution in [1.82, 2.24) is 25.5 Å². The molecule has 20 heavy (non-hydrogen) atoms. The van der Waals surface area contributed by atoms with Crippen LogP contribution >= 0.6 is 11.8 Å². The number of nitrogens with one attached hydrogen (secondary N) is 1. The van der Waals surface area contributed by atoms with Gasteiger partial charge in [-0.25, -0.2) is 4.68 Å². The molecule has 1 aromatic heterocycles. The van der Waals surface area contributed by atoms with Crippen LogP contribution in [-0.2, 0) is 12.3 Å². The second kappa shape index (κ2) is 7.86. The van der Waals surface area contributed by atoms with E-state index < -0.39 is 0 Å². The Morgan fingerprint density at radius 2 is 2.05 bits per heavy atom. The minimum Gasteiger partial charge on any atom is -0.508 e. The summed E-state index contributed by atoms with van der Waals surface area (Å²) in [6.45, 7) is 4.79. The van der Waals surface area contributed by atoms with Gasteiger partial charge < -0.3 is 10.4 Å². The molecule has 6 nitrogen and oxygen atoms in total. The summed E-state index contributed by atoms with van der Waals surface area (Å²) in [5.74, 6) is 1.06. The molecule has 0 saturated heterocycles. The van der Waals surface area contributed by atoms with Gasteiger partial charge in [0.15, 0.2) is 0 Å². The fourth-order valence-corrected chi connectivity index (χ4v) is 2.53. The lowest BCUT2D eigenvalue weighted by atomic mass is 10.2. The number of hydrogen-bond donors (Lipinski definition) is 2. The Balaban J connectivity index is 1.83. The number of benzene rings is 1. The number of phenolic OH excluding ortho intramolecular Hbond substituents is 1. The van der Waals surface area contributed by atoms with Crippen LogP contribution in [0.3, 0.4) is 0 Å². The average Bonchev–Trinajstić information content (AvgIpc) is 2.90. The van der Waals surface area contributed by atoms with Crippen LogP contribution in [0.25, 0.3) is 0 Å². The van der Waals surface area contributed by atoms with Crippen LogP contribution in [0, 0.1) is 0 Å². The molecule has 1 heterocycles. The van der Waals surface area contributed by atoms with Crippen molar-refractivity contribution in [3.63, 3.8) is 0 Å². The molecule has 0 spiro atoms. The second-order valence-electron chi connectivity index (χ2n) is 4.39. The SMILES string of the molecule is CCCNCCn1nnnc1SCc1ccc(O)cc1. The second-order valence-corrected chi connectivity index (χ2v) is 5.33. The molecule has 1 aromatic carbocycles. The highest BCUT2D eigenvalue weighted by molar-refractivity contribution is 7.98. The van der Waals surface area contributed by atoms with E-state index in [0.29, 0.717) is 0 Å². The smallest absolute Gasteiger partial charge is 0.209 e. The van der Waals surface area contributed by atoms with E-state index in [1.54, 1.807) is 23.9 Å². The molecule has 0 amide bonds. The molecule has 108 valence electrons. The van der Waals surface area contributed by atoms with Gasteiger partial charge in [0.05, 0.1) is 6.54 Å². The molecule has 0 bridgehead atoms. The lowest BCUT2D eigenvalue weighted by Crippen LogP contribution is -2.21. The van der Waals surface area contributed by atoms with Crippen molar-refractivity contribution in [2.45, 2.75) is 30.8 Å². The van der Waals surface area contributed by atoms with Crippen molar-refractivity contribution in [2.75, 3.05) is 13.1 Å². The van der Waals surface area contributed by atoms with Crippen molar-refractivity contribution in [2.24, 2.45) is 0 Å². The zero-order valence-electron chi connectivity index (χ0n) is 11.5. The van der Waals surface area contributed by atoms with Crippen LogP contribution in [-0.4, -0.2) is 38.4 Å². The summed E-state index contributed by atoms with van der Waals surface area (Å²) in [7, 11) is 0. The fraction of sp³-hybridized carbons (Fsp3) is 0.462. The summed E-state index contributed by atoms with van der Waals surface area (Å²) in [5.41, 5.74) is 1.13. The number of nitrogens with zero attached hydrogens (tertiary/aromatic N) is 4. The van der Waals surface area contributed by atoms with Crippen LogP contribution in [0.5, 0.6) is 5.75 Å². The fourth-order valence-electron chi connectivity index (χ4n) is 1.67. The molecule has 2 N–H and O–H groups in total. The van der Waals surface area contributed by atoms with Gasteiger partial charge in [-0.1, -0.05) is 30.8 Å². The van der Waals surface area contributed by atoms with E-state index in [1.807, 2.05) is 16.8 Å². The van der Waals surface area contributed by atoms with Gasteiger partial charge >= 0.3 is 0 Å². The number of rotatable bonds is 8. The Morgan fingerprint density at radius 3 is 2.80 bits per heavy atom. The van der Waals surface area contributed by atoms with Crippen LogP contribution in [0.2, 0.25) is 0 Å². The first-order chi connectivity index (χ1) is 9.79. The molecule has 0 aliphatic heterocycles. The van der Waals surface area contributed by atoms with Crippen LogP contribution in [0.1, 0.15) is 18.9 Å². The Morgan fingerprint density at radius 1 is 1.25 bits per heavy atom. The predicted octanol–water partition coefficient (Wildman–Crippen LogP) is 1.67. The lowest BCUT2D eigenvalue weighted by molar-refractivity contribution is 0.475. The predicted molar refractivity (Wildman–Crippen MR) is 78.6 cm³/mol. The third kappa shape index (κ3) is 4.50. The third-order valence-electron chi connectivity index (χ3n) is 2.73. The standard InChI is InChI=1S/C13H19N5OS/c1-2-7-14-8-9-18-13(15-16-17-18)20-10-11-3-5-12(19)6-4-11/h3-6,14,19H,2,7-10H2,1H3. The first-order valence-corrected chi connectivity index (χ1v) is 7.65. The maximum absolute atomic E-state index is 9.24. The average molecular weight is 293 g/mol. The number of hydrogen-bond acceptors (Lipinski definition) is 6. The molecule has 0 unspecified atom stereocenters. The van der Waals surface area contributed by atoms with Crippen molar-refractivity contribution < 1.29 is 5.11 Å². The van der Waals surface area contributed by atoms with Crippen molar-refractivity contribution >= 4 is 11.8 Å². The van der Waals surface area contributed by atoms with Crippen LogP contribution < -0.4 is 5.32 Å². The van der Waals surface area contributed by atoms with Crippen LogP contribution in [0.4, 0.5) is 0 Å². The number of thioether (sulfide) groups is 1. The first-order valence-electron chi connectivity index (χ1n) is 6.67. The van der Waals surface area contributed by atoms with E-state index in [9.17, 15) is 5.11 Å². The summed E-state index contributed by atoms with van der Waals surface area (Å²) in [5, 5.41) is 25.1. The topological polar surface area (TPSA) is 75.9 Å². The highest BCUT2D eigenvalue weighted by Crippen LogP contribution is 2.21. The Bertz CT molecular complexity index is 514. The largest absolute Gasteiger partial charge is 0.508 e. The van der Waals surface area contributed by atoms with Crippen LogP contribution in [0.15, 0.2) is 29.4 Å². The molecule has 0 fully saturated rings. The molecular formula is C13H19N5OS. The summed E-state index contributed by atoms with van der Waals surface area (Å²) in [4.78, 5) is 0. The molecule has 7 heteroatoms. The monoisotopic (exact) mass is 293 g/mol. The lowest BCUT2D eigenvalue weighted by Gasteiger charge is -2.05. The molecule has 0 aliphatic rings. The normalized spacial score (nSPS) is 10.8. The summed E-state index contributed by atoms with van der Waals surface area (Å²) in [6, 6.07) is 7.18. The highest BCUT2D eigenvalue weighted by atomic mass is 32.2. The summed E-state index contributed by atoms with van der Waals surface area (Å²) >= 11 is 1.59. The number of phenols is 1. The van der Waals surface area contributed by atoms with E-state index in [1.165, 1.54) is 0 Å². The van der Waals surface area contributed by atoms with Gasteiger partial charge in [0, 0.05) is 12.3 Å². The van der Waals surface area contributed by atoms with E-state index in [4.69, 9.17) is 0 Å². The Hall–Kier alpha value is -1.60. The molecule has 2 rings (SSSR count). The minimum atomic E-state index is 0.283. The minimum absolute atomic E-state index is 0.283. The number of aromatic hydroxyl groups is 1.